The second-order valence-corrected chi connectivity index (χ2v) is 7.70. The molecule has 1 saturated heterocycles. The van der Waals surface area contributed by atoms with Crippen molar-refractivity contribution in [3.63, 3.8) is 0 Å². The van der Waals surface area contributed by atoms with Gasteiger partial charge in [0.2, 0.25) is 0 Å². The van der Waals surface area contributed by atoms with E-state index in [9.17, 15) is 0 Å². The van der Waals surface area contributed by atoms with Crippen LogP contribution < -0.4 is 5.32 Å². The average molecular weight is 268 g/mol. The molecule has 0 atom stereocenters. The maximum atomic E-state index is 4.83. The number of thioether (sulfide) groups is 1. The van der Waals surface area contributed by atoms with Gasteiger partial charge in [0, 0.05) is 10.9 Å². The molecule has 2 heterocycles. The maximum absolute atomic E-state index is 4.83. The van der Waals surface area contributed by atoms with E-state index in [0.717, 1.165) is 6.04 Å². The minimum absolute atomic E-state index is 0.204. The normalized spacial score (nSPS) is 23.9. The Bertz CT molecular complexity index is 384. The summed E-state index contributed by atoms with van der Waals surface area (Å²) < 4.78 is 0. The van der Waals surface area contributed by atoms with Crippen LogP contribution in [-0.4, -0.2) is 22.5 Å². The van der Waals surface area contributed by atoms with Crippen molar-refractivity contribution in [1.82, 2.24) is 10.3 Å². The first kappa shape index (κ1) is 12.0. The van der Waals surface area contributed by atoms with Crippen LogP contribution in [0.2, 0.25) is 0 Å². The molecule has 2 aliphatic rings. The molecule has 0 unspecified atom stereocenters. The highest BCUT2D eigenvalue weighted by Crippen LogP contribution is 2.41. The van der Waals surface area contributed by atoms with Crippen LogP contribution in [0.15, 0.2) is 0 Å². The minimum atomic E-state index is 0.204. The molecule has 3 rings (SSSR count). The first-order valence-corrected chi connectivity index (χ1v) is 8.47. The third-order valence-corrected chi connectivity index (χ3v) is 6.10. The fourth-order valence-corrected chi connectivity index (χ4v) is 4.75. The fraction of sp³-hybridized carbons (Fsp3) is 0.769. The lowest BCUT2D eigenvalue weighted by molar-refractivity contribution is 0.302. The van der Waals surface area contributed by atoms with Crippen LogP contribution in [0.3, 0.4) is 0 Å². The van der Waals surface area contributed by atoms with Gasteiger partial charge < -0.3 is 5.32 Å². The molecular formula is C13H20N2S2. The van der Waals surface area contributed by atoms with Gasteiger partial charge in [0.1, 0.15) is 5.01 Å². The Kier molecular flexibility index (Phi) is 3.22. The summed E-state index contributed by atoms with van der Waals surface area (Å²) in [5, 5.41) is 5.24. The maximum Gasteiger partial charge on any atom is 0.113 e. The summed E-state index contributed by atoms with van der Waals surface area (Å²) in [6.07, 6.45) is 5.22. The zero-order valence-electron chi connectivity index (χ0n) is 10.6. The largest absolute Gasteiger partial charge is 0.303 e. The number of nitrogens with zero attached hydrogens (tertiary/aromatic N) is 1. The summed E-state index contributed by atoms with van der Waals surface area (Å²) in [7, 11) is 0. The summed E-state index contributed by atoms with van der Waals surface area (Å²) in [4.78, 5) is 6.22. The number of hydrogen-bond donors (Lipinski definition) is 1. The third-order valence-electron chi connectivity index (χ3n) is 3.84. The van der Waals surface area contributed by atoms with Gasteiger partial charge in [-0.05, 0) is 51.0 Å². The first-order valence-electron chi connectivity index (χ1n) is 6.50. The highest BCUT2D eigenvalue weighted by Gasteiger charge is 2.41. The Morgan fingerprint density at radius 2 is 1.94 bits per heavy atom. The Hall–Kier alpha value is -0.0600. The molecule has 1 aliphatic heterocycles. The summed E-state index contributed by atoms with van der Waals surface area (Å²) in [5.41, 5.74) is 1.43. The van der Waals surface area contributed by atoms with Crippen LogP contribution in [0, 0.1) is 13.8 Å². The van der Waals surface area contributed by atoms with E-state index in [1.807, 2.05) is 11.3 Å². The molecular weight excluding hydrogens is 248 g/mol. The fourth-order valence-electron chi connectivity index (χ4n) is 2.44. The Morgan fingerprint density at radius 3 is 2.47 bits per heavy atom. The zero-order valence-corrected chi connectivity index (χ0v) is 12.2. The van der Waals surface area contributed by atoms with Gasteiger partial charge in [-0.3, -0.25) is 0 Å². The number of hydrogen-bond acceptors (Lipinski definition) is 4. The molecule has 0 spiro atoms. The van der Waals surface area contributed by atoms with Crippen molar-refractivity contribution < 1.29 is 0 Å². The summed E-state index contributed by atoms with van der Waals surface area (Å²) >= 11 is 3.99. The first-order chi connectivity index (χ1) is 8.20. The highest BCUT2D eigenvalue weighted by atomic mass is 32.2. The second kappa shape index (κ2) is 4.56. The van der Waals surface area contributed by atoms with E-state index in [4.69, 9.17) is 4.98 Å². The Labute approximate surface area is 112 Å². The van der Waals surface area contributed by atoms with Gasteiger partial charge in [0.15, 0.2) is 0 Å². The van der Waals surface area contributed by atoms with E-state index in [0.29, 0.717) is 0 Å². The molecule has 17 heavy (non-hydrogen) atoms. The summed E-state index contributed by atoms with van der Waals surface area (Å²) in [6.45, 7) is 4.33. The summed E-state index contributed by atoms with van der Waals surface area (Å²) in [6, 6.07) is 0.766. The molecule has 0 aromatic carbocycles. The van der Waals surface area contributed by atoms with E-state index < -0.39 is 0 Å². The molecule has 2 fully saturated rings. The van der Waals surface area contributed by atoms with Gasteiger partial charge in [-0.15, -0.1) is 11.3 Å². The van der Waals surface area contributed by atoms with Crippen molar-refractivity contribution in [3.05, 3.63) is 15.6 Å². The van der Waals surface area contributed by atoms with Gasteiger partial charge in [-0.1, -0.05) is 0 Å². The SMILES string of the molecule is Cc1nc(C2(NC3CC3)CCSCC2)sc1C. The van der Waals surface area contributed by atoms with Gasteiger partial charge in [-0.2, -0.15) is 11.8 Å². The smallest absolute Gasteiger partial charge is 0.113 e. The number of aryl methyl sites for hydroxylation is 2. The molecule has 4 heteroatoms. The van der Waals surface area contributed by atoms with Crippen molar-refractivity contribution in [2.75, 3.05) is 11.5 Å². The number of thiazole rings is 1. The number of rotatable bonds is 3. The standard InChI is InChI=1S/C13H20N2S2/c1-9-10(2)17-12(14-9)13(15-11-3-4-11)5-7-16-8-6-13/h11,15H,3-8H2,1-2H3. The van der Waals surface area contributed by atoms with Crippen LogP contribution in [-0.2, 0) is 5.54 Å². The van der Waals surface area contributed by atoms with E-state index in [-0.39, 0.29) is 5.54 Å². The van der Waals surface area contributed by atoms with Crippen molar-refractivity contribution >= 4 is 23.1 Å². The summed E-state index contributed by atoms with van der Waals surface area (Å²) in [5.74, 6) is 2.55. The van der Waals surface area contributed by atoms with E-state index >= 15 is 0 Å². The van der Waals surface area contributed by atoms with E-state index in [2.05, 4.69) is 30.9 Å². The molecule has 1 aromatic heterocycles. The van der Waals surface area contributed by atoms with Gasteiger partial charge in [0.05, 0.1) is 11.2 Å². The lowest BCUT2D eigenvalue weighted by atomic mass is 9.92. The number of nitrogens with one attached hydrogen (secondary N) is 1. The van der Waals surface area contributed by atoms with Crippen LogP contribution in [0.25, 0.3) is 0 Å². The van der Waals surface area contributed by atoms with Crippen molar-refractivity contribution in [2.45, 2.75) is 51.1 Å². The average Bonchev–Trinajstić information content (AvgIpc) is 3.06. The Morgan fingerprint density at radius 1 is 1.24 bits per heavy atom. The number of aromatic nitrogens is 1. The van der Waals surface area contributed by atoms with E-state index in [1.54, 1.807) is 0 Å². The van der Waals surface area contributed by atoms with Crippen molar-refractivity contribution in [2.24, 2.45) is 0 Å². The predicted molar refractivity (Wildman–Crippen MR) is 76.0 cm³/mol. The quantitative estimate of drug-likeness (QED) is 0.911. The van der Waals surface area contributed by atoms with Crippen LogP contribution in [0.5, 0.6) is 0 Å². The molecule has 94 valence electrons. The molecule has 2 nitrogen and oxygen atoms in total. The minimum Gasteiger partial charge on any atom is -0.303 e. The van der Waals surface area contributed by atoms with Gasteiger partial charge >= 0.3 is 0 Å². The highest BCUT2D eigenvalue weighted by molar-refractivity contribution is 7.99. The van der Waals surface area contributed by atoms with Crippen molar-refractivity contribution in [3.8, 4) is 0 Å². The molecule has 1 saturated carbocycles. The van der Waals surface area contributed by atoms with Gasteiger partial charge in [0.25, 0.3) is 0 Å². The molecule has 1 N–H and O–H groups in total. The Balaban J connectivity index is 1.90. The predicted octanol–water partition coefficient (Wildman–Crippen LogP) is 3.23. The lowest BCUT2D eigenvalue weighted by Crippen LogP contribution is -2.46. The molecule has 0 bridgehead atoms. The van der Waals surface area contributed by atoms with Crippen LogP contribution >= 0.6 is 23.1 Å². The molecule has 0 radical (unpaired) electrons. The lowest BCUT2D eigenvalue weighted by Gasteiger charge is -2.36. The molecule has 1 aromatic rings. The zero-order chi connectivity index (χ0) is 11.9. The second-order valence-electron chi connectivity index (χ2n) is 5.27. The monoisotopic (exact) mass is 268 g/mol. The topological polar surface area (TPSA) is 24.9 Å². The van der Waals surface area contributed by atoms with Crippen molar-refractivity contribution in [1.29, 1.82) is 0 Å². The van der Waals surface area contributed by atoms with Gasteiger partial charge in [-0.25, -0.2) is 4.98 Å². The molecule has 0 amide bonds. The van der Waals surface area contributed by atoms with Crippen LogP contribution in [0.1, 0.15) is 41.3 Å². The van der Waals surface area contributed by atoms with E-state index in [1.165, 1.54) is 52.8 Å². The third kappa shape index (κ3) is 2.40. The van der Waals surface area contributed by atoms with Crippen LogP contribution in [0.4, 0.5) is 0 Å². The molecule has 1 aliphatic carbocycles.